The van der Waals surface area contributed by atoms with Gasteiger partial charge in [-0.3, -0.25) is 5.21 Å². The number of urea groups is 1. The third-order valence-electron chi connectivity index (χ3n) is 5.26. The standard InChI is InChI=1S/C23H20Cl2N4O3S2/c1-23(2)20(29(32)21(31)27-14-8-9-17(24)18(25)11-14)28(22(33)34-23)26-12-16-15-6-4-3-5-13(15)7-10-19(16)30/h3-12,20,30,32H,1-2H3,(H,27,31). The number of carbonyl (C=O) groups excluding carboxylic acids is 1. The Bertz CT molecular complexity index is 1320. The lowest BCUT2D eigenvalue weighted by atomic mass is 10.0. The zero-order chi connectivity index (χ0) is 24.6. The molecule has 0 aromatic heterocycles. The number of rotatable bonds is 4. The number of thioether (sulfide) groups is 1. The summed E-state index contributed by atoms with van der Waals surface area (Å²) >= 11 is 18.7. The predicted octanol–water partition coefficient (Wildman–Crippen LogP) is 6.55. The van der Waals surface area contributed by atoms with Crippen molar-refractivity contribution in [3.63, 3.8) is 0 Å². The first-order valence-electron chi connectivity index (χ1n) is 10.1. The number of hydrogen-bond donors (Lipinski definition) is 3. The van der Waals surface area contributed by atoms with Gasteiger partial charge in [0.25, 0.3) is 0 Å². The molecule has 1 heterocycles. The highest BCUT2D eigenvalue weighted by atomic mass is 35.5. The number of hydrazone groups is 1. The quantitative estimate of drug-likeness (QED) is 0.152. The Balaban J connectivity index is 1.63. The van der Waals surface area contributed by atoms with E-state index in [9.17, 15) is 15.1 Å². The molecule has 0 bridgehead atoms. The summed E-state index contributed by atoms with van der Waals surface area (Å²) in [7, 11) is 0. The summed E-state index contributed by atoms with van der Waals surface area (Å²) in [5.74, 6) is 0.0502. The van der Waals surface area contributed by atoms with Crippen LogP contribution < -0.4 is 5.32 Å². The van der Waals surface area contributed by atoms with Gasteiger partial charge in [-0.2, -0.15) is 10.2 Å². The van der Waals surface area contributed by atoms with Crippen LogP contribution in [0.25, 0.3) is 10.8 Å². The van der Waals surface area contributed by atoms with Crippen LogP contribution in [0.1, 0.15) is 19.4 Å². The monoisotopic (exact) mass is 534 g/mol. The highest BCUT2D eigenvalue weighted by Crippen LogP contribution is 2.43. The van der Waals surface area contributed by atoms with E-state index in [1.807, 2.05) is 44.2 Å². The largest absolute Gasteiger partial charge is 0.507 e. The lowest BCUT2D eigenvalue weighted by Crippen LogP contribution is -2.54. The number of hydroxylamine groups is 2. The zero-order valence-electron chi connectivity index (χ0n) is 18.1. The first kappa shape index (κ1) is 24.6. The van der Waals surface area contributed by atoms with Crippen LogP contribution in [0.15, 0.2) is 59.7 Å². The number of aromatic hydroxyl groups is 1. The van der Waals surface area contributed by atoms with E-state index >= 15 is 0 Å². The van der Waals surface area contributed by atoms with Gasteiger partial charge in [0.05, 0.1) is 21.0 Å². The fourth-order valence-corrected chi connectivity index (χ4v) is 5.72. The van der Waals surface area contributed by atoms with Crippen molar-refractivity contribution in [3.8, 4) is 5.75 Å². The van der Waals surface area contributed by atoms with Crippen LogP contribution >= 0.6 is 47.2 Å². The Morgan fingerprint density at radius 1 is 1.21 bits per heavy atom. The molecule has 0 spiro atoms. The maximum atomic E-state index is 12.9. The lowest BCUT2D eigenvalue weighted by Gasteiger charge is -2.34. The minimum Gasteiger partial charge on any atom is -0.507 e. The molecule has 34 heavy (non-hydrogen) atoms. The molecule has 11 heteroatoms. The van der Waals surface area contributed by atoms with Crippen LogP contribution in [0, 0.1) is 0 Å². The van der Waals surface area contributed by atoms with E-state index in [-0.39, 0.29) is 10.8 Å². The van der Waals surface area contributed by atoms with Gasteiger partial charge in [0.15, 0.2) is 10.5 Å². The Morgan fingerprint density at radius 3 is 2.68 bits per heavy atom. The average Bonchev–Trinajstić information content (AvgIpc) is 3.02. The number of amides is 2. The van der Waals surface area contributed by atoms with E-state index in [1.54, 1.807) is 18.2 Å². The van der Waals surface area contributed by atoms with Crippen LogP contribution in [0.3, 0.4) is 0 Å². The maximum Gasteiger partial charge on any atom is 0.347 e. The van der Waals surface area contributed by atoms with Gasteiger partial charge >= 0.3 is 6.03 Å². The first-order chi connectivity index (χ1) is 16.1. The fraction of sp³-hybridized carbons (Fsp3) is 0.174. The van der Waals surface area contributed by atoms with Crippen LogP contribution in [0.5, 0.6) is 5.75 Å². The molecule has 1 fully saturated rings. The minimum absolute atomic E-state index is 0.0502. The molecule has 1 aliphatic heterocycles. The summed E-state index contributed by atoms with van der Waals surface area (Å²) in [5, 5.41) is 32.6. The van der Waals surface area contributed by atoms with Crippen molar-refractivity contribution in [1.29, 1.82) is 0 Å². The molecule has 1 aliphatic rings. The van der Waals surface area contributed by atoms with Crippen molar-refractivity contribution < 1.29 is 15.1 Å². The van der Waals surface area contributed by atoms with E-state index in [1.165, 1.54) is 29.1 Å². The number of anilines is 1. The number of halogens is 2. The van der Waals surface area contributed by atoms with E-state index in [2.05, 4.69) is 10.4 Å². The van der Waals surface area contributed by atoms with Crippen LogP contribution in [0.4, 0.5) is 10.5 Å². The molecule has 0 radical (unpaired) electrons. The Labute approximate surface area is 215 Å². The molecule has 2 amide bonds. The second-order valence-corrected chi connectivity index (χ2v) is 11.2. The van der Waals surface area contributed by atoms with Gasteiger partial charge in [-0.1, -0.05) is 77.5 Å². The zero-order valence-corrected chi connectivity index (χ0v) is 21.2. The normalized spacial score (nSPS) is 17.5. The van der Waals surface area contributed by atoms with Crippen molar-refractivity contribution in [2.24, 2.45) is 5.10 Å². The van der Waals surface area contributed by atoms with Crippen molar-refractivity contribution >= 4 is 80.2 Å². The number of phenolic OH excluding ortho intramolecular Hbond substituents is 1. The molecule has 3 aromatic carbocycles. The Kier molecular flexibility index (Phi) is 6.93. The number of hydrogen-bond acceptors (Lipinski definition) is 6. The average molecular weight is 535 g/mol. The van der Waals surface area contributed by atoms with Crippen LogP contribution in [-0.2, 0) is 0 Å². The SMILES string of the molecule is CC1(C)SC(=S)N(N=Cc2c(O)ccc3ccccc23)C1N(O)C(=O)Nc1ccc(Cl)c(Cl)c1. The predicted molar refractivity (Wildman–Crippen MR) is 142 cm³/mol. The third-order valence-corrected chi connectivity index (χ3v) is 7.54. The van der Waals surface area contributed by atoms with E-state index in [0.29, 0.717) is 25.7 Å². The number of thiocarbonyl (C=S) groups is 1. The summed E-state index contributed by atoms with van der Waals surface area (Å²) in [5.41, 5.74) is 0.860. The highest BCUT2D eigenvalue weighted by Gasteiger charge is 2.50. The smallest absolute Gasteiger partial charge is 0.347 e. The number of benzene rings is 3. The molecule has 1 unspecified atom stereocenters. The topological polar surface area (TPSA) is 88.4 Å². The van der Waals surface area contributed by atoms with Gasteiger partial charge in [-0.05, 0) is 48.9 Å². The molecule has 1 atom stereocenters. The second-order valence-electron chi connectivity index (χ2n) is 8.06. The molecule has 176 valence electrons. The Hall–Kier alpha value is -2.56. The lowest BCUT2D eigenvalue weighted by molar-refractivity contribution is -0.114. The maximum absolute atomic E-state index is 12.9. The molecule has 3 aromatic rings. The number of carbonyl (C=O) groups is 1. The van der Waals surface area contributed by atoms with Gasteiger partial charge in [0.1, 0.15) is 5.75 Å². The van der Waals surface area contributed by atoms with Gasteiger partial charge in [0, 0.05) is 11.3 Å². The number of nitrogens with one attached hydrogen (secondary N) is 1. The van der Waals surface area contributed by atoms with Crippen molar-refractivity contribution in [2.75, 3.05) is 5.32 Å². The summed E-state index contributed by atoms with van der Waals surface area (Å²) in [6, 6.07) is 14.8. The molecule has 1 saturated heterocycles. The molecule has 0 saturated carbocycles. The van der Waals surface area contributed by atoms with Crippen molar-refractivity contribution in [1.82, 2.24) is 10.1 Å². The summed E-state index contributed by atoms with van der Waals surface area (Å²) < 4.78 is -0.328. The number of phenols is 1. The molecule has 0 aliphatic carbocycles. The van der Waals surface area contributed by atoms with Gasteiger partial charge in [-0.25, -0.2) is 9.80 Å². The van der Waals surface area contributed by atoms with E-state index < -0.39 is 16.9 Å². The first-order valence-corrected chi connectivity index (χ1v) is 12.1. The molecule has 3 N–H and O–H groups in total. The van der Waals surface area contributed by atoms with E-state index in [4.69, 9.17) is 35.4 Å². The van der Waals surface area contributed by atoms with Crippen LogP contribution in [-0.4, -0.2) is 47.9 Å². The molecular weight excluding hydrogens is 515 g/mol. The Morgan fingerprint density at radius 2 is 1.94 bits per heavy atom. The number of nitrogens with zero attached hydrogens (tertiary/aromatic N) is 3. The minimum atomic E-state index is -0.929. The van der Waals surface area contributed by atoms with Crippen LogP contribution in [0.2, 0.25) is 10.0 Å². The summed E-state index contributed by atoms with van der Waals surface area (Å²) in [4.78, 5) is 12.9. The molecule has 4 rings (SSSR count). The van der Waals surface area contributed by atoms with Gasteiger partial charge in [0.2, 0.25) is 0 Å². The van der Waals surface area contributed by atoms with Gasteiger partial charge < -0.3 is 10.4 Å². The molecule has 7 nitrogen and oxygen atoms in total. The summed E-state index contributed by atoms with van der Waals surface area (Å²) in [6.45, 7) is 3.68. The van der Waals surface area contributed by atoms with Crippen molar-refractivity contribution in [2.45, 2.75) is 24.8 Å². The highest BCUT2D eigenvalue weighted by molar-refractivity contribution is 8.24. The fourth-order valence-electron chi connectivity index (χ4n) is 3.63. The second kappa shape index (κ2) is 9.59. The van der Waals surface area contributed by atoms with Crippen molar-refractivity contribution in [3.05, 3.63) is 70.2 Å². The van der Waals surface area contributed by atoms with Gasteiger partial charge in [-0.15, -0.1) is 0 Å². The number of fused-ring (bicyclic) bond motifs is 1. The third kappa shape index (κ3) is 4.80. The summed E-state index contributed by atoms with van der Waals surface area (Å²) in [6.07, 6.45) is 0.546. The van der Waals surface area contributed by atoms with E-state index in [0.717, 1.165) is 10.8 Å². The molecular formula is C23H20Cl2N4O3S2.